The molecule has 0 bridgehead atoms. The quantitative estimate of drug-likeness (QED) is 0.762. The van der Waals surface area contributed by atoms with E-state index in [0.717, 1.165) is 0 Å². The topological polar surface area (TPSA) is 56.3 Å². The molecule has 1 heterocycles. The van der Waals surface area contributed by atoms with E-state index in [0.29, 0.717) is 5.88 Å². The van der Waals surface area contributed by atoms with Crippen molar-refractivity contribution in [2.45, 2.75) is 24.0 Å². The molecule has 78 valence electrons. The van der Waals surface area contributed by atoms with Gasteiger partial charge in [-0.05, 0) is 19.9 Å². The second-order valence-electron chi connectivity index (χ2n) is 3.13. The van der Waals surface area contributed by atoms with Crippen LogP contribution in [0.1, 0.15) is 13.8 Å². The van der Waals surface area contributed by atoms with Crippen LogP contribution in [0.4, 0.5) is 0 Å². The molecule has 1 aromatic heterocycles. The van der Waals surface area contributed by atoms with Crippen LogP contribution in [0.3, 0.4) is 0 Å². The van der Waals surface area contributed by atoms with Crippen LogP contribution in [0.5, 0.6) is 5.88 Å². The SMILES string of the molecule is COc1ccc(S(=O)(=O)C(C)C)cn1. The molecule has 0 fully saturated rings. The van der Waals surface area contributed by atoms with Crippen LogP contribution in [0.2, 0.25) is 0 Å². The van der Waals surface area contributed by atoms with Gasteiger partial charge < -0.3 is 4.74 Å². The van der Waals surface area contributed by atoms with Crippen LogP contribution >= 0.6 is 0 Å². The number of hydrogen-bond acceptors (Lipinski definition) is 4. The highest BCUT2D eigenvalue weighted by Gasteiger charge is 2.19. The Morgan fingerprint density at radius 3 is 2.36 bits per heavy atom. The summed E-state index contributed by atoms with van der Waals surface area (Å²) < 4.78 is 28.1. The van der Waals surface area contributed by atoms with Crippen molar-refractivity contribution in [3.63, 3.8) is 0 Å². The molecule has 0 saturated heterocycles. The Bertz CT molecular complexity index is 395. The average Bonchev–Trinajstić information content (AvgIpc) is 2.17. The Hall–Kier alpha value is -1.10. The van der Waals surface area contributed by atoms with Gasteiger partial charge in [-0.1, -0.05) is 0 Å². The van der Waals surface area contributed by atoms with Crippen LogP contribution in [0.25, 0.3) is 0 Å². The van der Waals surface area contributed by atoms with Crippen molar-refractivity contribution in [3.05, 3.63) is 18.3 Å². The molecule has 0 aliphatic rings. The molecule has 0 spiro atoms. The van der Waals surface area contributed by atoms with Gasteiger partial charge in [0, 0.05) is 12.3 Å². The zero-order valence-electron chi connectivity index (χ0n) is 8.39. The van der Waals surface area contributed by atoms with E-state index in [-0.39, 0.29) is 4.90 Å². The van der Waals surface area contributed by atoms with Crippen molar-refractivity contribution in [3.8, 4) is 5.88 Å². The largest absolute Gasteiger partial charge is 0.481 e. The third-order valence-corrected chi connectivity index (χ3v) is 4.01. The lowest BCUT2D eigenvalue weighted by atomic mass is 10.5. The molecule has 1 aromatic rings. The van der Waals surface area contributed by atoms with Gasteiger partial charge in [-0.15, -0.1) is 0 Å². The van der Waals surface area contributed by atoms with Crippen LogP contribution < -0.4 is 4.74 Å². The lowest BCUT2D eigenvalue weighted by Crippen LogP contribution is -2.14. The first-order valence-electron chi connectivity index (χ1n) is 4.22. The maximum Gasteiger partial charge on any atom is 0.212 e. The highest BCUT2D eigenvalue weighted by molar-refractivity contribution is 7.92. The van der Waals surface area contributed by atoms with E-state index in [2.05, 4.69) is 4.98 Å². The summed E-state index contributed by atoms with van der Waals surface area (Å²) >= 11 is 0. The van der Waals surface area contributed by atoms with Gasteiger partial charge in [0.05, 0.1) is 17.3 Å². The molecule has 0 unspecified atom stereocenters. The Balaban J connectivity index is 3.10. The fraction of sp³-hybridized carbons (Fsp3) is 0.444. The molecule has 0 aromatic carbocycles. The van der Waals surface area contributed by atoms with Gasteiger partial charge in [0.15, 0.2) is 9.84 Å². The van der Waals surface area contributed by atoms with Crippen molar-refractivity contribution in [2.24, 2.45) is 0 Å². The molecular weight excluding hydrogens is 202 g/mol. The zero-order valence-corrected chi connectivity index (χ0v) is 9.21. The Morgan fingerprint density at radius 2 is 2.00 bits per heavy atom. The number of rotatable bonds is 3. The molecule has 0 aliphatic heterocycles. The van der Waals surface area contributed by atoms with Gasteiger partial charge in [0.2, 0.25) is 5.88 Å². The van der Waals surface area contributed by atoms with E-state index in [4.69, 9.17) is 4.74 Å². The number of aromatic nitrogens is 1. The van der Waals surface area contributed by atoms with Crippen molar-refractivity contribution in [1.82, 2.24) is 4.98 Å². The van der Waals surface area contributed by atoms with Crippen LogP contribution in [-0.2, 0) is 9.84 Å². The summed E-state index contributed by atoms with van der Waals surface area (Å²) in [7, 11) is -1.73. The molecule has 14 heavy (non-hydrogen) atoms. The van der Waals surface area contributed by atoms with E-state index >= 15 is 0 Å². The summed E-state index contributed by atoms with van der Waals surface area (Å²) in [5.41, 5.74) is 0. The Kier molecular flexibility index (Phi) is 3.10. The number of hydrogen-bond donors (Lipinski definition) is 0. The number of ether oxygens (including phenoxy) is 1. The highest BCUT2D eigenvalue weighted by Crippen LogP contribution is 2.16. The average molecular weight is 215 g/mol. The van der Waals surface area contributed by atoms with Gasteiger partial charge in [-0.25, -0.2) is 13.4 Å². The van der Waals surface area contributed by atoms with Gasteiger partial charge in [0.25, 0.3) is 0 Å². The van der Waals surface area contributed by atoms with Gasteiger partial charge in [-0.3, -0.25) is 0 Å². The van der Waals surface area contributed by atoms with Crippen molar-refractivity contribution in [2.75, 3.05) is 7.11 Å². The molecule has 0 aliphatic carbocycles. The fourth-order valence-corrected chi connectivity index (χ4v) is 1.93. The molecule has 4 nitrogen and oxygen atoms in total. The van der Waals surface area contributed by atoms with E-state index < -0.39 is 15.1 Å². The van der Waals surface area contributed by atoms with Crippen LogP contribution in [0, 0.1) is 0 Å². The number of sulfone groups is 1. The number of nitrogens with zero attached hydrogens (tertiary/aromatic N) is 1. The lowest BCUT2D eigenvalue weighted by molar-refractivity contribution is 0.397. The molecule has 0 radical (unpaired) electrons. The zero-order chi connectivity index (χ0) is 10.8. The summed E-state index contributed by atoms with van der Waals surface area (Å²) in [6.45, 7) is 3.28. The first kappa shape index (κ1) is 11.0. The standard InChI is InChI=1S/C9H13NO3S/c1-7(2)14(11,12)8-4-5-9(13-3)10-6-8/h4-7H,1-3H3. The van der Waals surface area contributed by atoms with Gasteiger partial charge in [-0.2, -0.15) is 0 Å². The predicted molar refractivity (Wildman–Crippen MR) is 53.1 cm³/mol. The van der Waals surface area contributed by atoms with Crippen molar-refractivity contribution in [1.29, 1.82) is 0 Å². The molecule has 5 heteroatoms. The third kappa shape index (κ3) is 2.04. The minimum absolute atomic E-state index is 0.230. The smallest absolute Gasteiger partial charge is 0.212 e. The summed E-state index contributed by atoms with van der Waals surface area (Å²) in [6, 6.07) is 3.04. The molecular formula is C9H13NO3S. The maximum absolute atomic E-state index is 11.7. The highest BCUT2D eigenvalue weighted by atomic mass is 32.2. The predicted octanol–water partition coefficient (Wildman–Crippen LogP) is 1.27. The van der Waals surface area contributed by atoms with E-state index in [9.17, 15) is 8.42 Å². The Labute approximate surface area is 83.8 Å². The van der Waals surface area contributed by atoms with Crippen LogP contribution in [0.15, 0.2) is 23.2 Å². The fourth-order valence-electron chi connectivity index (χ4n) is 0.928. The summed E-state index contributed by atoms with van der Waals surface area (Å²) in [4.78, 5) is 4.07. The van der Waals surface area contributed by atoms with E-state index in [1.165, 1.54) is 25.4 Å². The van der Waals surface area contributed by atoms with E-state index in [1.54, 1.807) is 13.8 Å². The minimum Gasteiger partial charge on any atom is -0.481 e. The number of pyridine rings is 1. The second kappa shape index (κ2) is 3.96. The number of methoxy groups -OCH3 is 1. The third-order valence-electron chi connectivity index (χ3n) is 1.87. The Morgan fingerprint density at radius 1 is 1.36 bits per heavy atom. The summed E-state index contributed by atoms with van der Waals surface area (Å²) in [5, 5.41) is -0.433. The second-order valence-corrected chi connectivity index (χ2v) is 5.63. The van der Waals surface area contributed by atoms with E-state index in [1.807, 2.05) is 0 Å². The maximum atomic E-state index is 11.7. The molecule has 0 amide bonds. The first-order chi connectivity index (χ1) is 6.48. The first-order valence-corrected chi connectivity index (χ1v) is 5.77. The van der Waals surface area contributed by atoms with Crippen molar-refractivity contribution >= 4 is 9.84 Å². The molecule has 0 saturated carbocycles. The lowest BCUT2D eigenvalue weighted by Gasteiger charge is -2.07. The molecule has 1 rings (SSSR count). The summed E-state index contributed by atoms with van der Waals surface area (Å²) in [5.74, 6) is 0.410. The van der Waals surface area contributed by atoms with Gasteiger partial charge in [0.1, 0.15) is 0 Å². The minimum atomic E-state index is -3.22. The van der Waals surface area contributed by atoms with Crippen LogP contribution in [-0.4, -0.2) is 25.8 Å². The van der Waals surface area contributed by atoms with Gasteiger partial charge >= 0.3 is 0 Å². The normalized spacial score (nSPS) is 11.7. The monoisotopic (exact) mass is 215 g/mol. The molecule has 0 atom stereocenters. The molecule has 0 N–H and O–H groups in total. The van der Waals surface area contributed by atoms with Crippen molar-refractivity contribution < 1.29 is 13.2 Å². The summed E-state index contributed by atoms with van der Waals surface area (Å²) in [6.07, 6.45) is 1.31.